The van der Waals surface area contributed by atoms with Gasteiger partial charge in [0.25, 0.3) is 0 Å². The minimum atomic E-state index is -0.681. The first-order valence-corrected chi connectivity index (χ1v) is 8.28. The van der Waals surface area contributed by atoms with E-state index >= 15 is 0 Å². The molecule has 2 N–H and O–H groups in total. The molecule has 1 aliphatic carbocycles. The maximum atomic E-state index is 11.8. The average molecular weight is 326 g/mol. The number of nitrogens with zero attached hydrogens (tertiary/aromatic N) is 1. The minimum absolute atomic E-state index is 0.180. The number of amides is 1. The lowest BCUT2D eigenvalue weighted by Crippen LogP contribution is -2.33. The number of para-hydroxylation sites is 1. The zero-order chi connectivity index (χ0) is 16.8. The average Bonchev–Trinajstić information content (AvgIpc) is 3.42. The smallest absolute Gasteiger partial charge is 0.244 e. The van der Waals surface area contributed by atoms with Gasteiger partial charge in [0.05, 0.1) is 23.9 Å². The van der Waals surface area contributed by atoms with Gasteiger partial charge in [0.15, 0.2) is 0 Å². The van der Waals surface area contributed by atoms with Crippen LogP contribution < -0.4 is 5.32 Å². The second-order valence-electron chi connectivity index (χ2n) is 6.14. The van der Waals surface area contributed by atoms with Gasteiger partial charge in [-0.1, -0.05) is 24.3 Å². The highest BCUT2D eigenvalue weighted by Crippen LogP contribution is 2.28. The number of carbonyl (C=O) groups is 1. The molecule has 0 bridgehead atoms. The summed E-state index contributed by atoms with van der Waals surface area (Å²) in [5, 5.41) is 13.5. The van der Waals surface area contributed by atoms with Crippen LogP contribution in [0.5, 0.6) is 0 Å². The number of carbonyl (C=O) groups excluding carboxylic acids is 1. The number of hydrogen-bond acceptors (Lipinski definition) is 4. The molecule has 1 aromatic heterocycles. The Morgan fingerprint density at radius 2 is 2.17 bits per heavy atom. The molecule has 1 atom stereocenters. The van der Waals surface area contributed by atoms with Crippen LogP contribution in [0.15, 0.2) is 42.5 Å². The van der Waals surface area contributed by atoms with E-state index in [-0.39, 0.29) is 19.1 Å². The van der Waals surface area contributed by atoms with Crippen molar-refractivity contribution in [1.29, 1.82) is 0 Å². The fraction of sp³-hybridized carbons (Fsp3) is 0.368. The van der Waals surface area contributed by atoms with Crippen molar-refractivity contribution in [3.63, 3.8) is 0 Å². The van der Waals surface area contributed by atoms with Crippen LogP contribution >= 0.6 is 0 Å². The molecule has 0 saturated heterocycles. The van der Waals surface area contributed by atoms with Gasteiger partial charge in [-0.05, 0) is 37.0 Å². The molecule has 0 aliphatic heterocycles. The number of nitrogens with one attached hydrogen (secondary N) is 1. The Hall–Kier alpha value is -2.24. The summed E-state index contributed by atoms with van der Waals surface area (Å²) in [6.07, 6.45) is 4.85. The van der Waals surface area contributed by atoms with E-state index in [4.69, 9.17) is 4.74 Å². The van der Waals surface area contributed by atoms with Crippen molar-refractivity contribution in [2.24, 2.45) is 5.92 Å². The van der Waals surface area contributed by atoms with E-state index in [0.717, 1.165) is 16.6 Å². The number of rotatable bonds is 8. The van der Waals surface area contributed by atoms with Crippen LogP contribution in [0, 0.1) is 5.92 Å². The number of aromatic nitrogens is 1. The van der Waals surface area contributed by atoms with Gasteiger partial charge in [0.1, 0.15) is 0 Å². The Morgan fingerprint density at radius 3 is 3.00 bits per heavy atom. The number of pyridine rings is 1. The van der Waals surface area contributed by atoms with E-state index in [0.29, 0.717) is 12.5 Å². The molecule has 1 heterocycles. The molecule has 0 radical (unpaired) electrons. The first-order chi connectivity index (χ1) is 11.7. The molecule has 1 aromatic carbocycles. The molecule has 2 aromatic rings. The summed E-state index contributed by atoms with van der Waals surface area (Å²) in [6.45, 7) is 1.14. The van der Waals surface area contributed by atoms with Crippen molar-refractivity contribution >= 4 is 22.9 Å². The monoisotopic (exact) mass is 326 g/mol. The molecule has 24 heavy (non-hydrogen) atoms. The molecule has 1 unspecified atom stereocenters. The van der Waals surface area contributed by atoms with E-state index in [1.165, 1.54) is 18.9 Å². The van der Waals surface area contributed by atoms with Crippen molar-refractivity contribution in [3.8, 4) is 0 Å². The normalized spacial score (nSPS) is 15.7. The number of aliphatic hydroxyl groups is 1. The molecule has 126 valence electrons. The molecule has 5 heteroatoms. The number of ether oxygens (including phenoxy) is 1. The van der Waals surface area contributed by atoms with Gasteiger partial charge in [-0.15, -0.1) is 0 Å². The molecule has 1 amide bonds. The Bertz CT molecular complexity index is 725. The van der Waals surface area contributed by atoms with E-state index in [1.807, 2.05) is 36.4 Å². The van der Waals surface area contributed by atoms with Gasteiger partial charge in [-0.3, -0.25) is 4.79 Å². The fourth-order valence-electron chi connectivity index (χ4n) is 2.33. The van der Waals surface area contributed by atoms with E-state index < -0.39 is 6.10 Å². The van der Waals surface area contributed by atoms with Gasteiger partial charge in [-0.25, -0.2) is 4.98 Å². The van der Waals surface area contributed by atoms with Crippen molar-refractivity contribution < 1.29 is 14.6 Å². The van der Waals surface area contributed by atoms with Crippen LogP contribution in [0.1, 0.15) is 18.5 Å². The summed E-state index contributed by atoms with van der Waals surface area (Å²) in [5.41, 5.74) is 1.61. The lowest BCUT2D eigenvalue weighted by Gasteiger charge is -2.11. The highest BCUT2D eigenvalue weighted by Gasteiger charge is 2.21. The van der Waals surface area contributed by atoms with Gasteiger partial charge in [-0.2, -0.15) is 0 Å². The largest absolute Gasteiger partial charge is 0.389 e. The molecule has 1 saturated carbocycles. The standard InChI is InChI=1S/C19H22N2O3/c22-17(13-24-12-14-5-6-14)11-20-19(23)10-9-16-8-7-15-3-1-2-4-18(15)21-16/h1-4,7-10,14,17,22H,5-6,11-13H2,(H,20,23)/b10-9+. The zero-order valence-corrected chi connectivity index (χ0v) is 13.5. The summed E-state index contributed by atoms with van der Waals surface area (Å²) < 4.78 is 5.39. The van der Waals surface area contributed by atoms with Crippen LogP contribution in [0.4, 0.5) is 0 Å². The summed E-state index contributed by atoms with van der Waals surface area (Å²) >= 11 is 0. The molecule has 0 spiro atoms. The van der Waals surface area contributed by atoms with E-state index in [9.17, 15) is 9.90 Å². The molecular weight excluding hydrogens is 304 g/mol. The third-order valence-corrected chi connectivity index (χ3v) is 3.90. The molecule has 1 fully saturated rings. The Balaban J connectivity index is 1.43. The van der Waals surface area contributed by atoms with Crippen LogP contribution in [0.3, 0.4) is 0 Å². The molecule has 5 nitrogen and oxygen atoms in total. The van der Waals surface area contributed by atoms with Crippen LogP contribution in [0.2, 0.25) is 0 Å². The maximum Gasteiger partial charge on any atom is 0.244 e. The molecular formula is C19H22N2O3. The zero-order valence-electron chi connectivity index (χ0n) is 13.5. The van der Waals surface area contributed by atoms with Gasteiger partial charge in [0, 0.05) is 24.6 Å². The highest BCUT2D eigenvalue weighted by atomic mass is 16.5. The van der Waals surface area contributed by atoms with Crippen molar-refractivity contribution in [3.05, 3.63) is 48.2 Å². The first kappa shape index (κ1) is 16.6. The molecule has 3 rings (SSSR count). The summed E-state index contributed by atoms with van der Waals surface area (Å²) in [4.78, 5) is 16.3. The summed E-state index contributed by atoms with van der Waals surface area (Å²) in [5.74, 6) is 0.412. The lowest BCUT2D eigenvalue weighted by molar-refractivity contribution is -0.117. The number of hydrogen-bond donors (Lipinski definition) is 2. The van der Waals surface area contributed by atoms with Gasteiger partial charge in [0.2, 0.25) is 5.91 Å². The first-order valence-electron chi connectivity index (χ1n) is 8.28. The number of aliphatic hydroxyl groups excluding tert-OH is 1. The van der Waals surface area contributed by atoms with Crippen LogP contribution in [-0.4, -0.2) is 41.9 Å². The van der Waals surface area contributed by atoms with Crippen molar-refractivity contribution in [1.82, 2.24) is 10.3 Å². The van der Waals surface area contributed by atoms with E-state index in [1.54, 1.807) is 6.08 Å². The Morgan fingerprint density at radius 1 is 1.33 bits per heavy atom. The fourth-order valence-corrected chi connectivity index (χ4v) is 2.33. The SMILES string of the molecule is O=C(/C=C/c1ccc2ccccc2n1)NCC(O)COCC1CC1. The summed E-state index contributed by atoms with van der Waals surface area (Å²) in [7, 11) is 0. The van der Waals surface area contributed by atoms with E-state index in [2.05, 4.69) is 10.3 Å². The van der Waals surface area contributed by atoms with Gasteiger partial charge < -0.3 is 15.2 Å². The Kier molecular flexibility index (Phi) is 5.56. The number of fused-ring (bicyclic) bond motifs is 1. The molecule has 1 aliphatic rings. The maximum absolute atomic E-state index is 11.8. The summed E-state index contributed by atoms with van der Waals surface area (Å²) in [6, 6.07) is 11.7. The lowest BCUT2D eigenvalue weighted by atomic mass is 10.2. The second kappa shape index (κ2) is 8.04. The third-order valence-electron chi connectivity index (χ3n) is 3.90. The van der Waals surface area contributed by atoms with Gasteiger partial charge >= 0.3 is 0 Å². The van der Waals surface area contributed by atoms with Crippen molar-refractivity contribution in [2.45, 2.75) is 18.9 Å². The quantitative estimate of drug-likeness (QED) is 0.729. The van der Waals surface area contributed by atoms with Crippen molar-refractivity contribution in [2.75, 3.05) is 19.8 Å². The predicted octanol–water partition coefficient (Wildman–Crippen LogP) is 2.15. The Labute approximate surface area is 141 Å². The third kappa shape index (κ3) is 5.15. The topological polar surface area (TPSA) is 71.5 Å². The second-order valence-corrected chi connectivity index (χ2v) is 6.14. The van der Waals surface area contributed by atoms with Crippen LogP contribution in [0.25, 0.3) is 17.0 Å². The minimum Gasteiger partial charge on any atom is -0.389 e. The van der Waals surface area contributed by atoms with Crippen LogP contribution in [-0.2, 0) is 9.53 Å². The number of benzene rings is 1. The predicted molar refractivity (Wildman–Crippen MR) is 93.3 cm³/mol. The highest BCUT2D eigenvalue weighted by molar-refractivity contribution is 5.91.